The minimum absolute atomic E-state index is 0.0119. The zero-order chi connectivity index (χ0) is 15.8. The minimum Gasteiger partial charge on any atom is -0.481 e. The molecule has 1 rings (SSSR count). The van der Waals surface area contributed by atoms with Gasteiger partial charge in [-0.05, 0) is 20.3 Å². The molecule has 0 aliphatic heterocycles. The molecule has 120 valence electrons. The summed E-state index contributed by atoms with van der Waals surface area (Å²) in [5, 5.41) is 17.7. The summed E-state index contributed by atoms with van der Waals surface area (Å²) in [7, 11) is 1.94. The Morgan fingerprint density at radius 3 is 2.76 bits per heavy atom. The number of ether oxygens (including phenoxy) is 1. The van der Waals surface area contributed by atoms with E-state index in [9.17, 15) is 4.79 Å². The lowest BCUT2D eigenvalue weighted by Crippen LogP contribution is -2.27. The number of carboxylic acid groups (broad SMARTS) is 1. The number of likely N-dealkylation sites (N-methyl/N-ethyl adjacent to an activating group) is 1. The van der Waals surface area contributed by atoms with Crippen molar-refractivity contribution in [1.82, 2.24) is 14.8 Å². The number of hydrogen-bond acceptors (Lipinski definition) is 6. The summed E-state index contributed by atoms with van der Waals surface area (Å²) < 4.78 is 7.50. The molecule has 1 aromatic rings. The molecule has 0 atom stereocenters. The first kappa shape index (κ1) is 17.8. The molecule has 0 aliphatic rings. The normalized spacial score (nSPS) is 11.1. The second kappa shape index (κ2) is 8.89. The van der Waals surface area contributed by atoms with Gasteiger partial charge in [0, 0.05) is 20.1 Å². The highest BCUT2D eigenvalue weighted by molar-refractivity contribution is 7.99. The second-order valence-electron chi connectivity index (χ2n) is 4.96. The van der Waals surface area contributed by atoms with Crippen molar-refractivity contribution >= 4 is 23.7 Å². The molecule has 1 heterocycles. The van der Waals surface area contributed by atoms with Crippen LogP contribution in [0.1, 0.15) is 27.2 Å². The largest absolute Gasteiger partial charge is 0.481 e. The van der Waals surface area contributed by atoms with E-state index in [1.165, 1.54) is 11.8 Å². The standard InChI is InChI=1S/C13H24N4O3S/c1-5-6-17-12(16(4)7-8-20-10(2)3)14-15-13(17)21-9-11(18)19/h10H,5-9H2,1-4H3,(H,18,19). The van der Waals surface area contributed by atoms with E-state index in [0.717, 1.165) is 18.9 Å². The van der Waals surface area contributed by atoms with Crippen LogP contribution in [0, 0.1) is 0 Å². The molecule has 21 heavy (non-hydrogen) atoms. The summed E-state index contributed by atoms with van der Waals surface area (Å²) in [4.78, 5) is 12.7. The molecule has 8 heteroatoms. The summed E-state index contributed by atoms with van der Waals surface area (Å²) in [5.74, 6) is -0.120. The van der Waals surface area contributed by atoms with E-state index >= 15 is 0 Å². The Labute approximate surface area is 129 Å². The van der Waals surface area contributed by atoms with Gasteiger partial charge in [0.25, 0.3) is 0 Å². The van der Waals surface area contributed by atoms with Crippen molar-refractivity contribution in [3.63, 3.8) is 0 Å². The number of aromatic nitrogens is 3. The number of carboxylic acids is 1. The van der Waals surface area contributed by atoms with Gasteiger partial charge in [-0.2, -0.15) is 0 Å². The predicted octanol–water partition coefficient (Wildman–Crippen LogP) is 1.73. The van der Waals surface area contributed by atoms with Gasteiger partial charge >= 0.3 is 5.97 Å². The smallest absolute Gasteiger partial charge is 0.313 e. The third-order valence-electron chi connectivity index (χ3n) is 2.69. The molecule has 0 saturated heterocycles. The molecule has 0 bridgehead atoms. The summed E-state index contributed by atoms with van der Waals surface area (Å²) >= 11 is 1.19. The van der Waals surface area contributed by atoms with Crippen molar-refractivity contribution in [3.8, 4) is 0 Å². The first-order valence-corrected chi connectivity index (χ1v) is 8.04. The first-order valence-electron chi connectivity index (χ1n) is 7.06. The molecular formula is C13H24N4O3S. The van der Waals surface area contributed by atoms with Gasteiger partial charge in [-0.1, -0.05) is 18.7 Å². The number of rotatable bonds is 10. The Morgan fingerprint density at radius 2 is 2.19 bits per heavy atom. The zero-order valence-corrected chi connectivity index (χ0v) is 13.9. The number of carbonyl (C=O) groups is 1. The molecular weight excluding hydrogens is 292 g/mol. The number of aliphatic carboxylic acids is 1. The fraction of sp³-hybridized carbons (Fsp3) is 0.769. The molecule has 1 N–H and O–H groups in total. The van der Waals surface area contributed by atoms with Gasteiger partial charge < -0.3 is 14.7 Å². The van der Waals surface area contributed by atoms with Gasteiger partial charge in [-0.25, -0.2) is 0 Å². The van der Waals surface area contributed by atoms with Gasteiger partial charge in [0.15, 0.2) is 5.16 Å². The summed E-state index contributed by atoms with van der Waals surface area (Å²) in [5.41, 5.74) is 0. The fourth-order valence-electron chi connectivity index (χ4n) is 1.74. The Bertz CT molecular complexity index is 451. The zero-order valence-electron chi connectivity index (χ0n) is 13.1. The van der Waals surface area contributed by atoms with Crippen LogP contribution in [-0.4, -0.2) is 57.9 Å². The highest BCUT2D eigenvalue weighted by Gasteiger charge is 2.16. The Kier molecular flexibility index (Phi) is 7.52. The maximum absolute atomic E-state index is 10.7. The number of hydrogen-bond donors (Lipinski definition) is 1. The third kappa shape index (κ3) is 5.92. The summed E-state index contributed by atoms with van der Waals surface area (Å²) in [6.45, 7) is 8.16. The van der Waals surface area contributed by atoms with Crippen LogP contribution in [0.15, 0.2) is 5.16 Å². The van der Waals surface area contributed by atoms with Crippen LogP contribution in [0.25, 0.3) is 0 Å². The topological polar surface area (TPSA) is 80.5 Å². The van der Waals surface area contributed by atoms with Crippen LogP contribution in [0.4, 0.5) is 5.95 Å². The Hall–Kier alpha value is -1.28. The van der Waals surface area contributed by atoms with E-state index in [0.29, 0.717) is 18.3 Å². The van der Waals surface area contributed by atoms with Crippen LogP contribution >= 0.6 is 11.8 Å². The average molecular weight is 316 g/mol. The van der Waals surface area contributed by atoms with Crippen LogP contribution in [0.2, 0.25) is 0 Å². The quantitative estimate of drug-likeness (QED) is 0.658. The lowest BCUT2D eigenvalue weighted by Gasteiger charge is -2.20. The van der Waals surface area contributed by atoms with E-state index in [4.69, 9.17) is 9.84 Å². The van der Waals surface area contributed by atoms with Crippen molar-refractivity contribution in [2.75, 3.05) is 30.9 Å². The van der Waals surface area contributed by atoms with Crippen molar-refractivity contribution in [1.29, 1.82) is 0 Å². The van der Waals surface area contributed by atoms with Crippen molar-refractivity contribution in [2.45, 2.75) is 45.0 Å². The maximum atomic E-state index is 10.7. The van der Waals surface area contributed by atoms with E-state index in [2.05, 4.69) is 17.1 Å². The number of anilines is 1. The summed E-state index contributed by atoms with van der Waals surface area (Å²) in [6, 6.07) is 0. The molecule has 0 unspecified atom stereocenters. The van der Waals surface area contributed by atoms with E-state index in [1.807, 2.05) is 30.4 Å². The monoisotopic (exact) mass is 316 g/mol. The SMILES string of the molecule is CCCn1c(SCC(=O)O)nnc1N(C)CCOC(C)C. The van der Waals surface area contributed by atoms with Crippen LogP contribution in [0.3, 0.4) is 0 Å². The Morgan fingerprint density at radius 1 is 1.48 bits per heavy atom. The van der Waals surface area contributed by atoms with Gasteiger partial charge in [0.1, 0.15) is 0 Å². The van der Waals surface area contributed by atoms with E-state index < -0.39 is 5.97 Å². The van der Waals surface area contributed by atoms with Crippen LogP contribution in [0.5, 0.6) is 0 Å². The van der Waals surface area contributed by atoms with Crippen LogP contribution < -0.4 is 4.90 Å². The highest BCUT2D eigenvalue weighted by Crippen LogP contribution is 2.21. The molecule has 0 spiro atoms. The van der Waals surface area contributed by atoms with Crippen molar-refractivity contribution in [2.24, 2.45) is 0 Å². The Balaban J connectivity index is 2.73. The fourth-order valence-corrected chi connectivity index (χ4v) is 2.42. The van der Waals surface area contributed by atoms with Crippen LogP contribution in [-0.2, 0) is 16.1 Å². The lowest BCUT2D eigenvalue weighted by atomic mass is 10.4. The number of thioether (sulfide) groups is 1. The van der Waals surface area contributed by atoms with Crippen molar-refractivity contribution < 1.29 is 14.6 Å². The molecule has 1 aromatic heterocycles. The predicted molar refractivity (Wildman–Crippen MR) is 83.0 cm³/mol. The molecule has 0 aliphatic carbocycles. The molecule has 0 amide bonds. The van der Waals surface area contributed by atoms with E-state index in [-0.39, 0.29) is 11.9 Å². The maximum Gasteiger partial charge on any atom is 0.313 e. The van der Waals surface area contributed by atoms with Gasteiger partial charge in [0.05, 0.1) is 18.5 Å². The van der Waals surface area contributed by atoms with E-state index in [1.54, 1.807) is 0 Å². The minimum atomic E-state index is -0.855. The molecule has 7 nitrogen and oxygen atoms in total. The lowest BCUT2D eigenvalue weighted by molar-refractivity contribution is -0.133. The van der Waals surface area contributed by atoms with Gasteiger partial charge in [-0.15, -0.1) is 10.2 Å². The molecule has 0 radical (unpaired) electrons. The third-order valence-corrected chi connectivity index (χ3v) is 3.64. The highest BCUT2D eigenvalue weighted by atomic mass is 32.2. The average Bonchev–Trinajstić information content (AvgIpc) is 2.79. The second-order valence-corrected chi connectivity index (χ2v) is 5.90. The molecule has 0 fully saturated rings. The van der Waals surface area contributed by atoms with Gasteiger partial charge in [0.2, 0.25) is 5.95 Å². The number of nitrogens with zero attached hydrogens (tertiary/aromatic N) is 4. The summed E-state index contributed by atoms with van der Waals surface area (Å²) in [6.07, 6.45) is 1.13. The van der Waals surface area contributed by atoms with Gasteiger partial charge in [-0.3, -0.25) is 9.36 Å². The molecule has 0 aromatic carbocycles. The first-order chi connectivity index (χ1) is 9.95. The molecule has 0 saturated carbocycles. The van der Waals surface area contributed by atoms with Crippen molar-refractivity contribution in [3.05, 3.63) is 0 Å².